The highest BCUT2D eigenvalue weighted by atomic mass is 16.6. The molecule has 114 valence electrons. The summed E-state index contributed by atoms with van der Waals surface area (Å²) in [5.41, 5.74) is 5.40. The van der Waals surface area contributed by atoms with Gasteiger partial charge in [-0.3, -0.25) is 14.9 Å². The Morgan fingerprint density at radius 1 is 1.52 bits per heavy atom. The third-order valence-electron chi connectivity index (χ3n) is 3.77. The molecule has 1 aromatic rings. The van der Waals surface area contributed by atoms with Crippen molar-refractivity contribution in [2.24, 2.45) is 5.73 Å². The Morgan fingerprint density at radius 2 is 2.24 bits per heavy atom. The predicted octanol–water partition coefficient (Wildman–Crippen LogP) is 1.71. The van der Waals surface area contributed by atoms with Crippen LogP contribution in [0, 0.1) is 17.0 Å². The molecule has 0 spiro atoms. The first kappa shape index (κ1) is 15.2. The van der Waals surface area contributed by atoms with Gasteiger partial charge < -0.3 is 15.2 Å². The van der Waals surface area contributed by atoms with E-state index in [1.54, 1.807) is 25.1 Å². The largest absolute Gasteiger partial charge is 0.483 e. The molecule has 0 saturated heterocycles. The average Bonchev–Trinajstić information content (AvgIpc) is 2.80. The van der Waals surface area contributed by atoms with Crippen molar-refractivity contribution < 1.29 is 19.2 Å². The van der Waals surface area contributed by atoms with Crippen LogP contribution in [0.1, 0.15) is 24.8 Å². The Kier molecular flexibility index (Phi) is 4.13. The summed E-state index contributed by atoms with van der Waals surface area (Å²) in [5.74, 6) is -0.272. The standard InChI is InChI=1S/C14H18N2O5/c1-9-4-3-5-11(12(9)16(18)19)21-10-6-7-14(15,8-10)13(17)20-2/h3-5,10H,6-8,15H2,1-2H3. The van der Waals surface area contributed by atoms with Gasteiger partial charge in [-0.25, -0.2) is 0 Å². The molecular formula is C14H18N2O5. The monoisotopic (exact) mass is 294 g/mol. The highest BCUT2D eigenvalue weighted by Gasteiger charge is 2.44. The summed E-state index contributed by atoms with van der Waals surface area (Å²) in [6.07, 6.45) is 0.931. The van der Waals surface area contributed by atoms with Gasteiger partial charge in [0.25, 0.3) is 0 Å². The number of para-hydroxylation sites is 1. The number of hydrogen-bond acceptors (Lipinski definition) is 6. The topological polar surface area (TPSA) is 105 Å². The summed E-state index contributed by atoms with van der Waals surface area (Å²) in [7, 11) is 1.29. The van der Waals surface area contributed by atoms with Gasteiger partial charge in [0.2, 0.25) is 0 Å². The van der Waals surface area contributed by atoms with Crippen LogP contribution in [0.2, 0.25) is 0 Å². The zero-order valence-electron chi connectivity index (χ0n) is 12.0. The summed E-state index contributed by atoms with van der Waals surface area (Å²) in [5, 5.41) is 11.1. The third kappa shape index (κ3) is 2.97. The van der Waals surface area contributed by atoms with Gasteiger partial charge >= 0.3 is 11.7 Å². The summed E-state index contributed by atoms with van der Waals surface area (Å²) in [6, 6.07) is 4.91. The van der Waals surface area contributed by atoms with Crippen molar-refractivity contribution in [3.8, 4) is 5.75 Å². The quantitative estimate of drug-likeness (QED) is 0.515. The lowest BCUT2D eigenvalue weighted by Crippen LogP contribution is -2.47. The number of benzene rings is 1. The third-order valence-corrected chi connectivity index (χ3v) is 3.77. The number of aryl methyl sites for hydroxylation is 1. The predicted molar refractivity (Wildman–Crippen MR) is 75.0 cm³/mol. The number of rotatable bonds is 4. The van der Waals surface area contributed by atoms with Crippen LogP contribution in [0.15, 0.2) is 18.2 Å². The van der Waals surface area contributed by atoms with E-state index in [0.717, 1.165) is 0 Å². The van der Waals surface area contributed by atoms with Crippen molar-refractivity contribution in [3.05, 3.63) is 33.9 Å². The van der Waals surface area contributed by atoms with Gasteiger partial charge in [0, 0.05) is 12.0 Å². The number of nitrogens with two attached hydrogens (primary N) is 1. The van der Waals surface area contributed by atoms with E-state index in [1.807, 2.05) is 0 Å². The molecule has 2 unspecified atom stereocenters. The zero-order valence-corrected chi connectivity index (χ0v) is 12.0. The fourth-order valence-corrected chi connectivity index (χ4v) is 2.66. The zero-order chi connectivity index (χ0) is 15.6. The summed E-state index contributed by atoms with van der Waals surface area (Å²) >= 11 is 0. The highest BCUT2D eigenvalue weighted by molar-refractivity contribution is 5.81. The number of nitrogens with zero attached hydrogens (tertiary/aromatic N) is 1. The molecule has 1 aromatic carbocycles. The van der Waals surface area contributed by atoms with Gasteiger partial charge in [0.05, 0.1) is 12.0 Å². The van der Waals surface area contributed by atoms with E-state index in [2.05, 4.69) is 4.74 Å². The Bertz CT molecular complexity index is 574. The van der Waals surface area contributed by atoms with Gasteiger partial charge in [-0.2, -0.15) is 0 Å². The minimum Gasteiger partial charge on any atom is -0.483 e. The molecule has 0 aromatic heterocycles. The first-order chi connectivity index (χ1) is 9.87. The van der Waals surface area contributed by atoms with Gasteiger partial charge in [-0.05, 0) is 25.8 Å². The number of ether oxygens (including phenoxy) is 2. The molecule has 0 amide bonds. The number of methoxy groups -OCH3 is 1. The van der Waals surface area contributed by atoms with E-state index >= 15 is 0 Å². The molecular weight excluding hydrogens is 276 g/mol. The molecule has 0 bridgehead atoms. The maximum Gasteiger partial charge on any atom is 0.325 e. The molecule has 2 N–H and O–H groups in total. The minimum atomic E-state index is -1.07. The van der Waals surface area contributed by atoms with Crippen LogP contribution in [0.3, 0.4) is 0 Å². The second kappa shape index (κ2) is 5.69. The number of nitro groups is 1. The maximum absolute atomic E-state index is 11.7. The molecule has 7 nitrogen and oxygen atoms in total. The first-order valence-corrected chi connectivity index (χ1v) is 6.65. The van der Waals surface area contributed by atoms with E-state index in [4.69, 9.17) is 10.5 Å². The molecule has 1 aliphatic carbocycles. The molecule has 0 radical (unpaired) electrons. The van der Waals surface area contributed by atoms with E-state index in [-0.39, 0.29) is 24.0 Å². The van der Waals surface area contributed by atoms with Crippen LogP contribution in [0.25, 0.3) is 0 Å². The molecule has 2 atom stereocenters. The molecule has 0 heterocycles. The lowest BCUT2D eigenvalue weighted by Gasteiger charge is -2.20. The van der Waals surface area contributed by atoms with Crippen molar-refractivity contribution in [1.29, 1.82) is 0 Å². The average molecular weight is 294 g/mol. The number of esters is 1. The van der Waals surface area contributed by atoms with Crippen LogP contribution >= 0.6 is 0 Å². The Morgan fingerprint density at radius 3 is 2.86 bits per heavy atom. The van der Waals surface area contributed by atoms with Crippen LogP contribution in [-0.2, 0) is 9.53 Å². The van der Waals surface area contributed by atoms with E-state index < -0.39 is 16.4 Å². The fraction of sp³-hybridized carbons (Fsp3) is 0.500. The second-order valence-corrected chi connectivity index (χ2v) is 5.31. The molecule has 1 aliphatic rings. The summed E-state index contributed by atoms with van der Waals surface area (Å²) in [4.78, 5) is 22.3. The van der Waals surface area contributed by atoms with Crippen molar-refractivity contribution in [2.75, 3.05) is 7.11 Å². The number of hydrogen-bond donors (Lipinski definition) is 1. The van der Waals surface area contributed by atoms with Gasteiger partial charge in [0.1, 0.15) is 11.6 Å². The van der Waals surface area contributed by atoms with E-state index in [0.29, 0.717) is 18.4 Å². The molecule has 21 heavy (non-hydrogen) atoms. The normalized spacial score (nSPS) is 24.6. The highest BCUT2D eigenvalue weighted by Crippen LogP contribution is 2.36. The minimum absolute atomic E-state index is 0.0508. The lowest BCUT2D eigenvalue weighted by molar-refractivity contribution is -0.386. The number of carbonyl (C=O) groups is 1. The Hall–Kier alpha value is -2.15. The van der Waals surface area contributed by atoms with E-state index in [9.17, 15) is 14.9 Å². The van der Waals surface area contributed by atoms with Crippen LogP contribution in [0.5, 0.6) is 5.75 Å². The van der Waals surface area contributed by atoms with Gasteiger partial charge in [-0.1, -0.05) is 12.1 Å². The first-order valence-electron chi connectivity index (χ1n) is 6.65. The smallest absolute Gasteiger partial charge is 0.325 e. The summed E-state index contributed by atoms with van der Waals surface area (Å²) in [6.45, 7) is 1.65. The van der Waals surface area contributed by atoms with Crippen LogP contribution in [0.4, 0.5) is 5.69 Å². The Balaban J connectivity index is 2.16. The second-order valence-electron chi connectivity index (χ2n) is 5.31. The van der Waals surface area contributed by atoms with Crippen LogP contribution in [-0.4, -0.2) is 29.6 Å². The maximum atomic E-state index is 11.7. The number of carbonyl (C=O) groups excluding carboxylic acids is 1. The fourth-order valence-electron chi connectivity index (χ4n) is 2.66. The van der Waals surface area contributed by atoms with Crippen molar-refractivity contribution >= 4 is 11.7 Å². The molecule has 1 fully saturated rings. The van der Waals surface area contributed by atoms with Crippen molar-refractivity contribution in [1.82, 2.24) is 0 Å². The SMILES string of the molecule is COC(=O)C1(N)CCC(Oc2cccc(C)c2[N+](=O)[O-])C1. The Labute approximate surface area is 122 Å². The summed E-state index contributed by atoms with van der Waals surface area (Å²) < 4.78 is 10.4. The lowest BCUT2D eigenvalue weighted by atomic mass is 10.00. The molecule has 1 saturated carbocycles. The molecule has 2 rings (SSSR count). The molecule has 0 aliphatic heterocycles. The number of nitro benzene ring substituents is 1. The van der Waals surface area contributed by atoms with Gasteiger partial charge in [0.15, 0.2) is 5.75 Å². The van der Waals surface area contributed by atoms with Crippen molar-refractivity contribution in [3.63, 3.8) is 0 Å². The van der Waals surface area contributed by atoms with Crippen molar-refractivity contribution in [2.45, 2.75) is 37.8 Å². The van der Waals surface area contributed by atoms with E-state index in [1.165, 1.54) is 7.11 Å². The van der Waals surface area contributed by atoms with Gasteiger partial charge in [-0.15, -0.1) is 0 Å². The molecule has 7 heteroatoms. The van der Waals surface area contributed by atoms with Crippen LogP contribution < -0.4 is 10.5 Å².